The van der Waals surface area contributed by atoms with Crippen molar-refractivity contribution < 1.29 is 56.4 Å². The lowest BCUT2D eigenvalue weighted by molar-refractivity contribution is -0.143. The van der Waals surface area contributed by atoms with Crippen molar-refractivity contribution in [2.75, 3.05) is 18.1 Å². The van der Waals surface area contributed by atoms with Gasteiger partial charge in [0.2, 0.25) is 11.8 Å². The van der Waals surface area contributed by atoms with Crippen molar-refractivity contribution in [3.05, 3.63) is 74.9 Å². The van der Waals surface area contributed by atoms with E-state index >= 15 is 0 Å². The van der Waals surface area contributed by atoms with Crippen LogP contribution in [0.1, 0.15) is 60.4 Å². The maximum Gasteiger partial charge on any atom is 0.416 e. The molecule has 1 fully saturated rings. The van der Waals surface area contributed by atoms with Crippen LogP contribution in [0, 0.1) is 31.6 Å². The van der Waals surface area contributed by atoms with Gasteiger partial charge in [0.25, 0.3) is 0 Å². The van der Waals surface area contributed by atoms with E-state index in [0.29, 0.717) is 36.1 Å². The monoisotopic (exact) mass is 655 g/mol. The molecule has 4 rings (SSSR count). The van der Waals surface area contributed by atoms with E-state index in [1.807, 2.05) is 13.0 Å². The Bertz CT molecular complexity index is 1520. The van der Waals surface area contributed by atoms with Gasteiger partial charge in [-0.05, 0) is 97.7 Å². The maximum absolute atomic E-state index is 13.6. The normalized spacial score (nSPS) is 21.7. The summed E-state index contributed by atoms with van der Waals surface area (Å²) in [5.41, 5.74) is -0.882. The Balaban J connectivity index is 1.65. The average molecular weight is 656 g/mol. The molecule has 0 spiro atoms. The second-order valence-corrected chi connectivity index (χ2v) is 11.8. The first-order valence-corrected chi connectivity index (χ1v) is 14.7. The predicted octanol–water partition coefficient (Wildman–Crippen LogP) is 6.09. The van der Waals surface area contributed by atoms with Crippen LogP contribution in [0.3, 0.4) is 0 Å². The van der Waals surface area contributed by atoms with E-state index in [-0.39, 0.29) is 40.7 Å². The van der Waals surface area contributed by atoms with Crippen LogP contribution < -0.4 is 4.90 Å². The highest BCUT2D eigenvalue weighted by Gasteiger charge is 2.55. The number of amides is 2. The fourth-order valence-corrected chi connectivity index (χ4v) is 6.56. The van der Waals surface area contributed by atoms with Crippen LogP contribution in [0.5, 0.6) is 5.75 Å². The first-order chi connectivity index (χ1) is 21.4. The number of imide groups is 1. The van der Waals surface area contributed by atoms with E-state index in [4.69, 9.17) is 0 Å². The molecule has 0 aromatic heterocycles. The molecule has 0 saturated carbocycles. The van der Waals surface area contributed by atoms with Crippen LogP contribution in [0.4, 0.5) is 32.0 Å². The van der Waals surface area contributed by atoms with Crippen molar-refractivity contribution >= 4 is 23.6 Å². The third kappa shape index (κ3) is 6.86. The number of aromatic hydroxyl groups is 1. The van der Waals surface area contributed by atoms with Crippen molar-refractivity contribution in [3.63, 3.8) is 0 Å². The van der Waals surface area contributed by atoms with Gasteiger partial charge in [0.05, 0.1) is 48.0 Å². The van der Waals surface area contributed by atoms with Crippen LogP contribution in [-0.4, -0.2) is 51.6 Å². The molecule has 250 valence electrons. The van der Waals surface area contributed by atoms with Gasteiger partial charge in [0.1, 0.15) is 5.75 Å². The van der Waals surface area contributed by atoms with E-state index in [9.17, 15) is 56.4 Å². The Kier molecular flexibility index (Phi) is 10.1. The number of benzene rings is 2. The number of anilines is 1. The zero-order valence-corrected chi connectivity index (χ0v) is 25.3. The minimum absolute atomic E-state index is 0.0941. The summed E-state index contributed by atoms with van der Waals surface area (Å²) in [5, 5.41) is 42.0. The molecule has 13 heteroatoms. The van der Waals surface area contributed by atoms with Crippen LogP contribution in [-0.2, 0) is 21.9 Å². The summed E-state index contributed by atoms with van der Waals surface area (Å²) >= 11 is 0. The third-order valence-electron chi connectivity index (χ3n) is 8.84. The van der Waals surface area contributed by atoms with Gasteiger partial charge in [-0.25, -0.2) is 4.90 Å². The lowest BCUT2D eigenvalue weighted by atomic mass is 9.68. The molecule has 1 aliphatic heterocycles. The van der Waals surface area contributed by atoms with E-state index < -0.39 is 78.1 Å². The maximum atomic E-state index is 13.6. The number of hydrogen-bond donors (Lipinski definition) is 4. The van der Waals surface area contributed by atoms with Crippen molar-refractivity contribution in [2.45, 2.75) is 64.9 Å². The second kappa shape index (κ2) is 13.2. The fraction of sp³-hybridized carbons (Fsp3) is 0.455. The van der Waals surface area contributed by atoms with Crippen LogP contribution >= 0.6 is 0 Å². The third-order valence-corrected chi connectivity index (χ3v) is 8.84. The topological polar surface area (TPSA) is 118 Å². The van der Waals surface area contributed by atoms with E-state index in [1.54, 1.807) is 26.0 Å². The molecule has 1 heterocycles. The van der Waals surface area contributed by atoms with Crippen molar-refractivity contribution in [3.8, 4) is 5.75 Å². The number of phenolic OH excluding ortho intramolecular Hbond substituents is 1. The van der Waals surface area contributed by atoms with Gasteiger partial charge in [0.15, 0.2) is 0 Å². The molecule has 2 amide bonds. The van der Waals surface area contributed by atoms with Crippen molar-refractivity contribution in [1.82, 2.24) is 0 Å². The molecule has 4 N–H and O–H groups in total. The number of rotatable bonds is 9. The van der Waals surface area contributed by atoms with Crippen LogP contribution in [0.2, 0.25) is 0 Å². The largest absolute Gasteiger partial charge is 0.507 e. The van der Waals surface area contributed by atoms with Crippen molar-refractivity contribution in [1.29, 1.82) is 0 Å². The lowest BCUT2D eigenvalue weighted by Crippen LogP contribution is -2.39. The van der Waals surface area contributed by atoms with Gasteiger partial charge in [-0.3, -0.25) is 9.59 Å². The number of phenols is 1. The molecule has 1 aliphatic carbocycles. The molecule has 4 atom stereocenters. The molecule has 2 aromatic carbocycles. The zero-order valence-electron chi connectivity index (χ0n) is 25.3. The van der Waals surface area contributed by atoms with Crippen LogP contribution in [0.15, 0.2) is 47.1 Å². The molecule has 1 saturated heterocycles. The fourth-order valence-electron chi connectivity index (χ4n) is 6.56. The lowest BCUT2D eigenvalue weighted by Gasteiger charge is -2.36. The summed E-state index contributed by atoms with van der Waals surface area (Å²) < 4.78 is 81.2. The van der Waals surface area contributed by atoms with Crippen molar-refractivity contribution in [2.24, 2.45) is 17.8 Å². The number of fused-ring (bicyclic) bond motifs is 1. The number of allylic oxidation sites excluding steroid dienone is 1. The van der Waals surface area contributed by atoms with Gasteiger partial charge in [-0.2, -0.15) is 26.3 Å². The Labute approximate surface area is 261 Å². The number of nitrogens with zero attached hydrogens (tertiary/aromatic N) is 1. The Morgan fingerprint density at radius 1 is 0.957 bits per heavy atom. The summed E-state index contributed by atoms with van der Waals surface area (Å²) in [6.07, 6.45) is -9.03. The molecule has 2 aliphatic rings. The van der Waals surface area contributed by atoms with Gasteiger partial charge in [-0.15, -0.1) is 0 Å². The highest BCUT2D eigenvalue weighted by molar-refractivity contribution is 6.22. The van der Waals surface area contributed by atoms with Gasteiger partial charge >= 0.3 is 12.4 Å². The average Bonchev–Trinajstić information content (AvgIpc) is 3.24. The Morgan fingerprint density at radius 2 is 1.52 bits per heavy atom. The summed E-state index contributed by atoms with van der Waals surface area (Å²) in [6.45, 7) is 4.01. The molecule has 46 heavy (non-hydrogen) atoms. The number of halogens is 6. The molecule has 2 aromatic rings. The number of aliphatic hydroxyl groups excluding tert-OH is 3. The van der Waals surface area contributed by atoms with Gasteiger partial charge in [-0.1, -0.05) is 18.6 Å². The minimum Gasteiger partial charge on any atom is -0.507 e. The number of aliphatic hydroxyl groups is 3. The molecule has 0 radical (unpaired) electrons. The smallest absolute Gasteiger partial charge is 0.416 e. The van der Waals surface area contributed by atoms with E-state index in [2.05, 4.69) is 0 Å². The number of hydrogen-bond acceptors (Lipinski definition) is 6. The number of aryl methyl sites for hydroxylation is 2. The first-order valence-electron chi connectivity index (χ1n) is 14.7. The van der Waals surface area contributed by atoms with E-state index in [0.717, 1.165) is 11.1 Å². The Hall–Kier alpha value is -3.68. The van der Waals surface area contributed by atoms with E-state index in [1.165, 1.54) is 0 Å². The summed E-state index contributed by atoms with van der Waals surface area (Å²) in [6, 6.07) is 4.09. The van der Waals surface area contributed by atoms with Gasteiger partial charge < -0.3 is 20.4 Å². The number of carbonyl (C=O) groups is 2. The van der Waals surface area contributed by atoms with Crippen LogP contribution in [0.25, 0.3) is 6.08 Å². The number of alkyl halides is 6. The highest BCUT2D eigenvalue weighted by Crippen LogP contribution is 2.48. The quantitative estimate of drug-likeness (QED) is 0.148. The SMILES string of the molecule is CC/C(=C\c1cc(C)c(O)c(C)c1)CC[C@@H](O)C1=C(CO)C[C@H]2C(=O)N(c3cc(C(F)(F)F)cc(C(F)(F)F)c3)C(=O)[C@H]2[C@H]1CO. The first kappa shape index (κ1) is 35.2. The summed E-state index contributed by atoms with van der Waals surface area (Å²) in [5.74, 6) is -5.86. The molecular weight excluding hydrogens is 620 g/mol. The number of carbonyl (C=O) groups excluding carboxylic acids is 2. The highest BCUT2D eigenvalue weighted by atomic mass is 19.4. The molecule has 0 unspecified atom stereocenters. The molecule has 0 bridgehead atoms. The standard InChI is InChI=1S/C33H35F6NO6/c1-4-18(9-19-7-16(2)29(44)17(3)8-19)5-6-26(43)27-20(14-41)10-24-28(25(27)15-42)31(46)40(30(24)45)23-12-21(32(34,35)36)11-22(13-23)33(37,38)39/h7-9,11-13,24-26,28,41-44H,4-6,10,14-15H2,1-3H3/b18-9+/t24-,25+,26-,28-/m1/s1. The summed E-state index contributed by atoms with van der Waals surface area (Å²) in [4.78, 5) is 27.4. The Morgan fingerprint density at radius 3 is 2.00 bits per heavy atom. The van der Waals surface area contributed by atoms with Gasteiger partial charge in [0, 0.05) is 5.92 Å². The zero-order chi connectivity index (χ0) is 34.3. The molecular formula is C33H35F6NO6. The second-order valence-electron chi connectivity index (χ2n) is 11.8. The molecule has 7 nitrogen and oxygen atoms in total. The predicted molar refractivity (Wildman–Crippen MR) is 156 cm³/mol. The minimum atomic E-state index is -5.21. The summed E-state index contributed by atoms with van der Waals surface area (Å²) in [7, 11) is 0.